The Morgan fingerprint density at radius 3 is 2.40 bits per heavy atom. The van der Waals surface area contributed by atoms with Gasteiger partial charge in [-0.1, -0.05) is 11.6 Å². The maximum atomic E-state index is 13.0. The third kappa shape index (κ3) is 4.22. The van der Waals surface area contributed by atoms with E-state index in [4.69, 9.17) is 23.8 Å². The van der Waals surface area contributed by atoms with Crippen LogP contribution in [0.25, 0.3) is 16.6 Å². The number of thiocarbonyl (C=S) groups is 1. The minimum Gasteiger partial charge on any atom is -0.332 e. The third-order valence-corrected chi connectivity index (χ3v) is 4.80. The van der Waals surface area contributed by atoms with Crippen molar-refractivity contribution in [2.75, 3.05) is 10.6 Å². The van der Waals surface area contributed by atoms with Gasteiger partial charge in [0.25, 0.3) is 0 Å². The minimum absolute atomic E-state index is 0.147. The summed E-state index contributed by atoms with van der Waals surface area (Å²) >= 11 is 10.8. The molecule has 0 fully saturated rings. The third-order valence-electron chi connectivity index (χ3n) is 4.27. The van der Waals surface area contributed by atoms with Gasteiger partial charge in [-0.15, -0.1) is 0 Å². The summed E-state index contributed by atoms with van der Waals surface area (Å²) in [4.78, 5) is 4.07. The fourth-order valence-electron chi connectivity index (χ4n) is 2.88. The molecule has 0 spiro atoms. The molecule has 2 aromatic heterocycles. The first-order chi connectivity index (χ1) is 14.3. The molecule has 0 amide bonds. The Morgan fingerprint density at radius 1 is 0.967 bits per heavy atom. The van der Waals surface area contributed by atoms with Crippen molar-refractivity contribution >= 4 is 51.2 Å². The van der Waals surface area contributed by atoms with Gasteiger partial charge in [-0.3, -0.25) is 4.98 Å². The lowest BCUT2D eigenvalue weighted by Crippen LogP contribution is -2.19. The molecule has 0 aliphatic rings. The molecule has 0 unspecified atom stereocenters. The first-order valence-electron chi connectivity index (χ1n) is 8.64. The molecule has 0 atom stereocenters. The molecule has 2 heterocycles. The number of rotatable bonds is 3. The number of anilines is 2. The number of pyridine rings is 1. The van der Waals surface area contributed by atoms with E-state index in [9.17, 15) is 13.2 Å². The lowest BCUT2D eigenvalue weighted by Gasteiger charge is -2.14. The Hall–Kier alpha value is -3.17. The highest BCUT2D eigenvalue weighted by Gasteiger charge is 2.33. The summed E-state index contributed by atoms with van der Waals surface area (Å²) in [5.74, 6) is 0. The molecule has 152 valence electrons. The van der Waals surface area contributed by atoms with E-state index in [1.54, 1.807) is 35.4 Å². The number of fused-ring (bicyclic) bond motifs is 1. The number of aromatic nitrogens is 3. The van der Waals surface area contributed by atoms with Gasteiger partial charge in [0, 0.05) is 29.2 Å². The molecule has 0 radical (unpaired) electrons. The van der Waals surface area contributed by atoms with Gasteiger partial charge in [0.15, 0.2) is 5.11 Å². The number of hydrogen-bond donors (Lipinski definition) is 2. The fraction of sp³-hybridized carbons (Fsp3) is 0.0500. The highest BCUT2D eigenvalue weighted by Crippen LogP contribution is 2.36. The molecule has 2 aromatic carbocycles. The molecule has 2 N–H and O–H groups in total. The van der Waals surface area contributed by atoms with Crippen LogP contribution in [-0.4, -0.2) is 19.9 Å². The topological polar surface area (TPSA) is 54.8 Å². The van der Waals surface area contributed by atoms with Gasteiger partial charge in [-0.25, -0.2) is 4.68 Å². The van der Waals surface area contributed by atoms with Crippen LogP contribution in [-0.2, 0) is 6.18 Å². The average molecular weight is 448 g/mol. The van der Waals surface area contributed by atoms with Crippen molar-refractivity contribution < 1.29 is 13.2 Å². The van der Waals surface area contributed by atoms with Gasteiger partial charge < -0.3 is 10.6 Å². The van der Waals surface area contributed by atoms with E-state index in [0.717, 1.165) is 22.7 Å². The number of alkyl halides is 3. The zero-order valence-electron chi connectivity index (χ0n) is 15.1. The number of nitrogens with zero attached hydrogens (tertiary/aromatic N) is 3. The van der Waals surface area contributed by atoms with Crippen LogP contribution in [0.5, 0.6) is 0 Å². The summed E-state index contributed by atoms with van der Waals surface area (Å²) in [7, 11) is 0. The average Bonchev–Trinajstić information content (AvgIpc) is 3.13. The van der Waals surface area contributed by atoms with E-state index in [0.29, 0.717) is 5.69 Å². The maximum absolute atomic E-state index is 13.0. The van der Waals surface area contributed by atoms with Crippen molar-refractivity contribution in [3.8, 4) is 5.69 Å². The molecule has 0 bridgehead atoms. The lowest BCUT2D eigenvalue weighted by atomic mass is 10.2. The van der Waals surface area contributed by atoms with Crippen molar-refractivity contribution in [3.63, 3.8) is 0 Å². The summed E-state index contributed by atoms with van der Waals surface area (Å²) < 4.78 is 40.8. The van der Waals surface area contributed by atoms with Crippen LogP contribution in [0.4, 0.5) is 24.5 Å². The van der Waals surface area contributed by atoms with Gasteiger partial charge in [0.05, 0.1) is 28.0 Å². The van der Waals surface area contributed by atoms with Crippen LogP contribution >= 0.6 is 23.8 Å². The molecule has 10 heteroatoms. The van der Waals surface area contributed by atoms with Gasteiger partial charge in [-0.05, 0) is 60.7 Å². The molecular weight excluding hydrogens is 435 g/mol. The summed E-state index contributed by atoms with van der Waals surface area (Å²) in [5, 5.41) is 10.7. The van der Waals surface area contributed by atoms with Crippen LogP contribution < -0.4 is 10.6 Å². The molecule has 0 saturated heterocycles. The quantitative estimate of drug-likeness (QED) is 0.383. The molecule has 5 nitrogen and oxygen atoms in total. The Bertz CT molecular complexity index is 1220. The second-order valence-corrected chi connectivity index (χ2v) is 7.12. The Balaban J connectivity index is 1.47. The molecule has 0 aliphatic heterocycles. The first-order valence-corrected chi connectivity index (χ1v) is 9.43. The summed E-state index contributed by atoms with van der Waals surface area (Å²) in [6.45, 7) is 0. The van der Waals surface area contributed by atoms with Crippen LogP contribution in [0, 0.1) is 0 Å². The Morgan fingerprint density at radius 2 is 1.67 bits per heavy atom. The highest BCUT2D eigenvalue weighted by molar-refractivity contribution is 7.80. The number of hydrogen-bond acceptors (Lipinski definition) is 3. The van der Waals surface area contributed by atoms with E-state index >= 15 is 0 Å². The second kappa shape index (κ2) is 7.92. The molecule has 4 aromatic rings. The summed E-state index contributed by atoms with van der Waals surface area (Å²) in [5.41, 5.74) is 1.68. The van der Waals surface area contributed by atoms with E-state index in [-0.39, 0.29) is 15.8 Å². The number of nitrogens with one attached hydrogen (secondary N) is 2. The van der Waals surface area contributed by atoms with Crippen molar-refractivity contribution in [2.45, 2.75) is 6.18 Å². The SMILES string of the molecule is FC(F)(F)c1cc(NC(=S)Nc2ccc(-n3ncc4cnccc43)cc2)ccc1Cl. The lowest BCUT2D eigenvalue weighted by molar-refractivity contribution is -0.137. The second-order valence-electron chi connectivity index (χ2n) is 6.31. The van der Waals surface area contributed by atoms with Crippen LogP contribution in [0.3, 0.4) is 0 Å². The maximum Gasteiger partial charge on any atom is 0.417 e. The summed E-state index contributed by atoms with van der Waals surface area (Å²) in [6.07, 6.45) is 0.614. The minimum atomic E-state index is -4.55. The Kier molecular flexibility index (Phi) is 5.31. The zero-order valence-corrected chi connectivity index (χ0v) is 16.7. The van der Waals surface area contributed by atoms with E-state index in [1.807, 2.05) is 18.2 Å². The fourth-order valence-corrected chi connectivity index (χ4v) is 3.34. The van der Waals surface area contributed by atoms with Crippen molar-refractivity contribution in [1.29, 1.82) is 0 Å². The Labute approximate surface area is 179 Å². The predicted molar refractivity (Wildman–Crippen MR) is 115 cm³/mol. The number of benzene rings is 2. The van der Waals surface area contributed by atoms with Gasteiger partial charge >= 0.3 is 6.18 Å². The van der Waals surface area contributed by atoms with E-state index in [1.165, 1.54) is 12.1 Å². The van der Waals surface area contributed by atoms with Crippen LogP contribution in [0.2, 0.25) is 5.02 Å². The standard InChI is InChI=1S/C20H13ClF3N5S/c21-17-6-3-14(9-16(17)20(22,23)24)28-19(30)27-13-1-4-15(5-2-13)29-18-7-8-25-10-12(18)11-26-29/h1-11H,(H2,27,28,30). The van der Waals surface area contributed by atoms with Crippen molar-refractivity contribution in [3.05, 3.63) is 77.7 Å². The summed E-state index contributed by atoms with van der Waals surface area (Å²) in [6, 6.07) is 12.7. The molecule has 0 aliphatic carbocycles. The highest BCUT2D eigenvalue weighted by atomic mass is 35.5. The zero-order chi connectivity index (χ0) is 21.3. The normalized spacial score (nSPS) is 11.5. The van der Waals surface area contributed by atoms with Crippen molar-refractivity contribution in [2.24, 2.45) is 0 Å². The monoisotopic (exact) mass is 447 g/mol. The van der Waals surface area contributed by atoms with Crippen LogP contribution in [0.1, 0.15) is 5.56 Å². The van der Waals surface area contributed by atoms with E-state index < -0.39 is 11.7 Å². The molecule has 4 rings (SSSR count). The predicted octanol–water partition coefficient (Wildman–Crippen LogP) is 5.90. The number of halogens is 4. The van der Waals surface area contributed by atoms with Crippen LogP contribution in [0.15, 0.2) is 67.1 Å². The largest absolute Gasteiger partial charge is 0.417 e. The van der Waals surface area contributed by atoms with Crippen molar-refractivity contribution in [1.82, 2.24) is 14.8 Å². The van der Waals surface area contributed by atoms with Gasteiger partial charge in [-0.2, -0.15) is 18.3 Å². The molecule has 30 heavy (non-hydrogen) atoms. The van der Waals surface area contributed by atoms with E-state index in [2.05, 4.69) is 20.7 Å². The smallest absolute Gasteiger partial charge is 0.332 e. The first kappa shape index (κ1) is 20.1. The molecule has 0 saturated carbocycles. The molecular formula is C20H13ClF3N5S. The van der Waals surface area contributed by atoms with Gasteiger partial charge in [0.2, 0.25) is 0 Å². The van der Waals surface area contributed by atoms with Gasteiger partial charge in [0.1, 0.15) is 0 Å².